The molecule has 0 unspecified atom stereocenters. The van der Waals surface area contributed by atoms with Crippen molar-refractivity contribution in [3.05, 3.63) is 34.9 Å². The topological polar surface area (TPSA) is 68.4 Å². The molecule has 0 aliphatic carbocycles. The Hall–Kier alpha value is -1.57. The molecule has 1 aromatic carbocycles. The van der Waals surface area contributed by atoms with Crippen molar-refractivity contribution in [2.45, 2.75) is 6.42 Å². The molecule has 0 radical (unpaired) electrons. The summed E-state index contributed by atoms with van der Waals surface area (Å²) in [6.07, 6.45) is 0.534. The van der Waals surface area contributed by atoms with E-state index in [1.807, 2.05) is 18.2 Å². The van der Waals surface area contributed by atoms with Crippen LogP contribution < -0.4 is 5.32 Å². The van der Waals surface area contributed by atoms with Crippen molar-refractivity contribution in [1.29, 1.82) is 5.26 Å². The van der Waals surface area contributed by atoms with Gasteiger partial charge in [-0.05, 0) is 17.7 Å². The van der Waals surface area contributed by atoms with Crippen LogP contribution in [0.25, 0.3) is 0 Å². The lowest BCUT2D eigenvalue weighted by Crippen LogP contribution is -2.24. The third-order valence-corrected chi connectivity index (χ3v) is 2.25. The lowest BCUT2D eigenvalue weighted by Gasteiger charge is -2.04. The van der Waals surface area contributed by atoms with Gasteiger partial charge in [-0.3, -0.25) is 5.32 Å². The van der Waals surface area contributed by atoms with Crippen LogP contribution in [0.5, 0.6) is 0 Å². The predicted octanol–water partition coefficient (Wildman–Crippen LogP) is 1.83. The van der Waals surface area contributed by atoms with Crippen molar-refractivity contribution >= 4 is 17.3 Å². The molecule has 0 amide bonds. The summed E-state index contributed by atoms with van der Waals surface area (Å²) in [4.78, 5) is 0. The normalized spacial score (nSPS) is 11.1. The van der Waals surface area contributed by atoms with Crippen molar-refractivity contribution < 1.29 is 5.21 Å². The van der Waals surface area contributed by atoms with E-state index in [2.05, 4.69) is 10.5 Å². The molecule has 0 saturated heterocycles. The molecule has 4 nitrogen and oxygen atoms in total. The van der Waals surface area contributed by atoms with E-state index in [0.29, 0.717) is 23.7 Å². The van der Waals surface area contributed by atoms with Gasteiger partial charge in [-0.1, -0.05) is 28.9 Å². The first-order chi connectivity index (χ1) is 7.76. The van der Waals surface area contributed by atoms with Gasteiger partial charge in [0.15, 0.2) is 0 Å². The van der Waals surface area contributed by atoms with Gasteiger partial charge in [0.1, 0.15) is 0 Å². The molecular formula is C11H12ClN3O. The lowest BCUT2D eigenvalue weighted by atomic mass is 10.1. The number of rotatable bonds is 5. The van der Waals surface area contributed by atoms with Crippen LogP contribution in [0.1, 0.15) is 5.56 Å². The number of hydrogen-bond acceptors (Lipinski definition) is 4. The van der Waals surface area contributed by atoms with Gasteiger partial charge in [-0.2, -0.15) is 5.26 Å². The molecule has 0 bridgehead atoms. The first-order valence-electron chi connectivity index (χ1n) is 4.78. The van der Waals surface area contributed by atoms with Crippen LogP contribution in [0, 0.1) is 11.3 Å². The lowest BCUT2D eigenvalue weighted by molar-refractivity contribution is 0.317. The van der Waals surface area contributed by atoms with Crippen LogP contribution in [-0.2, 0) is 6.42 Å². The van der Waals surface area contributed by atoms with E-state index in [9.17, 15) is 0 Å². The van der Waals surface area contributed by atoms with Crippen LogP contribution >= 0.6 is 11.6 Å². The highest BCUT2D eigenvalue weighted by Crippen LogP contribution is 2.10. The van der Waals surface area contributed by atoms with Crippen molar-refractivity contribution in [1.82, 2.24) is 5.32 Å². The van der Waals surface area contributed by atoms with E-state index in [1.54, 1.807) is 12.1 Å². The van der Waals surface area contributed by atoms with Crippen LogP contribution in [0.15, 0.2) is 29.4 Å². The van der Waals surface area contributed by atoms with Gasteiger partial charge in [-0.25, -0.2) is 0 Å². The largest absolute Gasteiger partial charge is 0.411 e. The maximum Gasteiger partial charge on any atom is 0.0844 e. The Kier molecular flexibility index (Phi) is 5.34. The highest BCUT2D eigenvalue weighted by atomic mass is 35.5. The Morgan fingerprint density at radius 2 is 2.12 bits per heavy atom. The Bertz CT molecular complexity index is 395. The summed E-state index contributed by atoms with van der Waals surface area (Å²) in [5.74, 6) is 0. The SMILES string of the molecule is N#CCNCC(Cc1ccc(Cl)cc1)=NO. The van der Waals surface area contributed by atoms with Gasteiger partial charge >= 0.3 is 0 Å². The average molecular weight is 238 g/mol. The summed E-state index contributed by atoms with van der Waals surface area (Å²) < 4.78 is 0. The van der Waals surface area contributed by atoms with Gasteiger partial charge in [0, 0.05) is 18.0 Å². The van der Waals surface area contributed by atoms with Gasteiger partial charge < -0.3 is 5.21 Å². The number of nitrogens with one attached hydrogen (secondary N) is 1. The fourth-order valence-electron chi connectivity index (χ4n) is 1.23. The van der Waals surface area contributed by atoms with E-state index >= 15 is 0 Å². The van der Waals surface area contributed by atoms with E-state index in [4.69, 9.17) is 22.1 Å². The number of nitriles is 1. The molecule has 16 heavy (non-hydrogen) atoms. The molecule has 0 atom stereocenters. The molecule has 5 heteroatoms. The molecule has 0 fully saturated rings. The van der Waals surface area contributed by atoms with Crippen molar-refractivity contribution in [3.8, 4) is 6.07 Å². The summed E-state index contributed by atoms with van der Waals surface area (Å²) in [5.41, 5.74) is 1.59. The molecule has 0 aromatic heterocycles. The van der Waals surface area contributed by atoms with E-state index < -0.39 is 0 Å². The van der Waals surface area contributed by atoms with Crippen molar-refractivity contribution in [3.63, 3.8) is 0 Å². The minimum atomic E-state index is 0.236. The number of hydrogen-bond donors (Lipinski definition) is 2. The van der Waals surface area contributed by atoms with Crippen molar-refractivity contribution in [2.24, 2.45) is 5.16 Å². The minimum absolute atomic E-state index is 0.236. The minimum Gasteiger partial charge on any atom is -0.411 e. The molecule has 0 aliphatic rings. The fourth-order valence-corrected chi connectivity index (χ4v) is 1.36. The number of nitrogens with zero attached hydrogens (tertiary/aromatic N) is 2. The monoisotopic (exact) mass is 237 g/mol. The Morgan fingerprint density at radius 3 is 2.69 bits per heavy atom. The predicted molar refractivity (Wildman–Crippen MR) is 62.9 cm³/mol. The molecule has 0 spiro atoms. The molecular weight excluding hydrogens is 226 g/mol. The zero-order chi connectivity index (χ0) is 11.8. The Labute approximate surface area is 99.1 Å². The van der Waals surface area contributed by atoms with E-state index in [0.717, 1.165) is 5.56 Å². The van der Waals surface area contributed by atoms with E-state index in [-0.39, 0.29) is 6.54 Å². The van der Waals surface area contributed by atoms with Crippen LogP contribution in [-0.4, -0.2) is 24.0 Å². The number of oxime groups is 1. The third-order valence-electron chi connectivity index (χ3n) is 2.00. The van der Waals surface area contributed by atoms with Crippen molar-refractivity contribution in [2.75, 3.05) is 13.1 Å². The summed E-state index contributed by atoms with van der Waals surface area (Å²) >= 11 is 5.76. The van der Waals surface area contributed by atoms with Crippen LogP contribution in [0.2, 0.25) is 5.02 Å². The third kappa shape index (κ3) is 4.30. The maximum absolute atomic E-state index is 8.78. The molecule has 0 aliphatic heterocycles. The van der Waals surface area contributed by atoms with E-state index in [1.165, 1.54) is 0 Å². The smallest absolute Gasteiger partial charge is 0.0844 e. The second-order valence-electron chi connectivity index (χ2n) is 3.23. The summed E-state index contributed by atoms with van der Waals surface area (Å²) in [6, 6.07) is 9.27. The summed E-state index contributed by atoms with van der Waals surface area (Å²) in [7, 11) is 0. The first kappa shape index (κ1) is 12.5. The number of benzene rings is 1. The summed E-state index contributed by atoms with van der Waals surface area (Å²) in [6.45, 7) is 0.631. The Morgan fingerprint density at radius 1 is 1.44 bits per heavy atom. The zero-order valence-corrected chi connectivity index (χ0v) is 9.41. The second kappa shape index (κ2) is 6.83. The molecule has 1 rings (SSSR count). The van der Waals surface area contributed by atoms with Gasteiger partial charge in [-0.15, -0.1) is 0 Å². The first-order valence-corrected chi connectivity index (χ1v) is 5.16. The highest BCUT2D eigenvalue weighted by molar-refractivity contribution is 6.30. The van der Waals surface area contributed by atoms with Gasteiger partial charge in [0.2, 0.25) is 0 Å². The highest BCUT2D eigenvalue weighted by Gasteiger charge is 2.02. The quantitative estimate of drug-likeness (QED) is 0.270. The molecule has 1 aromatic rings. The standard InChI is InChI=1S/C11H12ClN3O/c12-10-3-1-9(2-4-10)7-11(15-16)8-14-6-5-13/h1-4,14,16H,6-8H2. The Balaban J connectivity index is 2.51. The fraction of sp³-hybridized carbons (Fsp3) is 0.273. The molecule has 2 N–H and O–H groups in total. The van der Waals surface area contributed by atoms with Gasteiger partial charge in [0.05, 0.1) is 18.3 Å². The summed E-state index contributed by atoms with van der Waals surface area (Å²) in [5, 5.41) is 23.8. The molecule has 84 valence electrons. The molecule has 0 saturated carbocycles. The van der Waals surface area contributed by atoms with Crippen LogP contribution in [0.3, 0.4) is 0 Å². The molecule has 0 heterocycles. The number of halogens is 1. The zero-order valence-electron chi connectivity index (χ0n) is 8.65. The van der Waals surface area contributed by atoms with Crippen LogP contribution in [0.4, 0.5) is 0 Å². The second-order valence-corrected chi connectivity index (χ2v) is 3.67. The average Bonchev–Trinajstić information content (AvgIpc) is 2.31. The van der Waals surface area contributed by atoms with Gasteiger partial charge in [0.25, 0.3) is 0 Å². The maximum atomic E-state index is 8.78.